The van der Waals surface area contributed by atoms with E-state index in [2.05, 4.69) is 10.3 Å². The molecule has 0 fully saturated rings. The molecular weight excluding hydrogens is 256 g/mol. The van der Waals surface area contributed by atoms with Gasteiger partial charge in [0.25, 0.3) is 0 Å². The van der Waals surface area contributed by atoms with Crippen molar-refractivity contribution in [3.63, 3.8) is 0 Å². The molecule has 1 aromatic carbocycles. The lowest BCUT2D eigenvalue weighted by atomic mass is 10.2. The first kappa shape index (κ1) is 14.0. The minimum Gasteiger partial charge on any atom is -0.478 e. The predicted octanol–water partition coefficient (Wildman–Crippen LogP) is 2.98. The van der Waals surface area contributed by atoms with E-state index in [1.807, 2.05) is 24.3 Å². The number of benzene rings is 1. The fraction of sp³-hybridized carbons (Fsp3) is 0.200. The average Bonchev–Trinajstić information content (AvgIpc) is 2.39. The number of aromatic carboxylic acids is 1. The van der Waals surface area contributed by atoms with E-state index in [1.165, 1.54) is 0 Å². The van der Waals surface area contributed by atoms with Crippen molar-refractivity contribution in [3.8, 4) is 0 Å². The molecule has 20 heavy (non-hydrogen) atoms. The summed E-state index contributed by atoms with van der Waals surface area (Å²) in [7, 11) is 1.65. The van der Waals surface area contributed by atoms with Crippen LogP contribution < -0.4 is 5.32 Å². The summed E-state index contributed by atoms with van der Waals surface area (Å²) < 4.78 is 5.09. The summed E-state index contributed by atoms with van der Waals surface area (Å²) in [4.78, 5) is 15.2. The van der Waals surface area contributed by atoms with Gasteiger partial charge in [-0.25, -0.2) is 9.78 Å². The Hall–Kier alpha value is -2.40. The Balaban J connectivity index is 2.19. The second-order valence-corrected chi connectivity index (χ2v) is 4.39. The molecule has 5 heteroatoms. The Labute approximate surface area is 117 Å². The lowest BCUT2D eigenvalue weighted by Gasteiger charge is -2.09. The van der Waals surface area contributed by atoms with E-state index in [0.717, 1.165) is 11.3 Å². The molecule has 1 aromatic heterocycles. The van der Waals surface area contributed by atoms with Gasteiger partial charge in [0.05, 0.1) is 17.9 Å². The Morgan fingerprint density at radius 3 is 2.80 bits per heavy atom. The number of ether oxygens (including phenoxy) is 1. The molecule has 0 aliphatic heterocycles. The number of carboxylic acids is 1. The van der Waals surface area contributed by atoms with Gasteiger partial charge >= 0.3 is 5.97 Å². The summed E-state index contributed by atoms with van der Waals surface area (Å²) in [6.45, 7) is 2.22. The molecule has 0 atom stereocenters. The number of methoxy groups -OCH3 is 1. The van der Waals surface area contributed by atoms with E-state index in [4.69, 9.17) is 9.84 Å². The third-order valence-electron chi connectivity index (χ3n) is 2.83. The van der Waals surface area contributed by atoms with E-state index in [9.17, 15) is 4.79 Å². The quantitative estimate of drug-likeness (QED) is 0.875. The van der Waals surface area contributed by atoms with Crippen LogP contribution in [0, 0.1) is 6.92 Å². The molecule has 0 unspecified atom stereocenters. The van der Waals surface area contributed by atoms with Gasteiger partial charge in [0.2, 0.25) is 0 Å². The van der Waals surface area contributed by atoms with Crippen molar-refractivity contribution in [2.45, 2.75) is 13.5 Å². The number of anilines is 2. The fourth-order valence-corrected chi connectivity index (χ4v) is 1.91. The number of rotatable bonds is 5. The molecule has 0 radical (unpaired) electrons. The number of hydrogen-bond acceptors (Lipinski definition) is 4. The second kappa shape index (κ2) is 6.16. The molecule has 0 saturated heterocycles. The van der Waals surface area contributed by atoms with Crippen molar-refractivity contribution in [2.75, 3.05) is 12.4 Å². The Morgan fingerprint density at radius 1 is 1.35 bits per heavy atom. The minimum absolute atomic E-state index is 0.212. The number of carbonyl (C=O) groups is 1. The van der Waals surface area contributed by atoms with Crippen molar-refractivity contribution in [2.24, 2.45) is 0 Å². The molecule has 0 aliphatic rings. The van der Waals surface area contributed by atoms with E-state index >= 15 is 0 Å². The van der Waals surface area contributed by atoms with Crippen LogP contribution in [0.2, 0.25) is 0 Å². The van der Waals surface area contributed by atoms with E-state index in [1.54, 1.807) is 26.2 Å². The van der Waals surface area contributed by atoms with Crippen LogP contribution in [-0.4, -0.2) is 23.2 Å². The molecule has 0 aliphatic carbocycles. The van der Waals surface area contributed by atoms with Crippen LogP contribution in [-0.2, 0) is 11.3 Å². The smallest absolute Gasteiger partial charge is 0.337 e. The maximum Gasteiger partial charge on any atom is 0.337 e. The number of nitrogens with zero attached hydrogens (tertiary/aromatic N) is 1. The van der Waals surface area contributed by atoms with Gasteiger partial charge < -0.3 is 15.2 Å². The van der Waals surface area contributed by atoms with Crippen LogP contribution in [0.4, 0.5) is 11.5 Å². The van der Waals surface area contributed by atoms with Crippen LogP contribution in [0.3, 0.4) is 0 Å². The zero-order valence-corrected chi connectivity index (χ0v) is 11.4. The van der Waals surface area contributed by atoms with E-state index in [0.29, 0.717) is 18.1 Å². The standard InChI is InChI=1S/C15H16N2O3/c1-10-13(15(18)19)6-7-14(16-10)17-12-5-3-4-11(8-12)9-20-2/h3-8H,9H2,1-2H3,(H,16,17)(H,18,19). The van der Waals surface area contributed by atoms with E-state index < -0.39 is 5.97 Å². The van der Waals surface area contributed by atoms with Crippen LogP contribution in [0.15, 0.2) is 36.4 Å². The maximum absolute atomic E-state index is 10.9. The second-order valence-electron chi connectivity index (χ2n) is 4.39. The molecule has 0 saturated carbocycles. The molecule has 0 amide bonds. The number of pyridine rings is 1. The molecule has 104 valence electrons. The first-order chi connectivity index (χ1) is 9.60. The lowest BCUT2D eigenvalue weighted by molar-refractivity contribution is 0.0695. The first-order valence-electron chi connectivity index (χ1n) is 6.16. The number of hydrogen-bond donors (Lipinski definition) is 2. The zero-order chi connectivity index (χ0) is 14.5. The van der Waals surface area contributed by atoms with Crippen molar-refractivity contribution >= 4 is 17.5 Å². The molecular formula is C15H16N2O3. The number of aryl methyl sites for hydroxylation is 1. The molecule has 1 heterocycles. The normalized spacial score (nSPS) is 10.3. The van der Waals surface area contributed by atoms with Crippen LogP contribution in [0.1, 0.15) is 21.6 Å². The summed E-state index contributed by atoms with van der Waals surface area (Å²) in [5.41, 5.74) is 2.63. The summed E-state index contributed by atoms with van der Waals surface area (Å²) >= 11 is 0. The summed E-state index contributed by atoms with van der Waals surface area (Å²) in [6.07, 6.45) is 0. The van der Waals surface area contributed by atoms with Crippen molar-refractivity contribution in [1.82, 2.24) is 4.98 Å². The Bertz CT molecular complexity index is 626. The predicted molar refractivity (Wildman–Crippen MR) is 76.4 cm³/mol. The number of nitrogens with one attached hydrogen (secondary N) is 1. The molecule has 2 N–H and O–H groups in total. The van der Waals surface area contributed by atoms with Gasteiger partial charge in [-0.15, -0.1) is 0 Å². The van der Waals surface area contributed by atoms with Gasteiger partial charge in [0.1, 0.15) is 5.82 Å². The highest BCUT2D eigenvalue weighted by atomic mass is 16.5. The average molecular weight is 272 g/mol. The number of carboxylic acid groups (broad SMARTS) is 1. The highest BCUT2D eigenvalue weighted by molar-refractivity contribution is 5.89. The highest BCUT2D eigenvalue weighted by Crippen LogP contribution is 2.18. The van der Waals surface area contributed by atoms with Crippen LogP contribution in [0.5, 0.6) is 0 Å². The van der Waals surface area contributed by atoms with Gasteiger partial charge in [-0.3, -0.25) is 0 Å². The van der Waals surface area contributed by atoms with Gasteiger partial charge in [-0.2, -0.15) is 0 Å². The molecule has 5 nitrogen and oxygen atoms in total. The largest absolute Gasteiger partial charge is 0.478 e. The van der Waals surface area contributed by atoms with Crippen molar-refractivity contribution in [1.29, 1.82) is 0 Å². The summed E-state index contributed by atoms with van der Waals surface area (Å²) in [6, 6.07) is 11.0. The minimum atomic E-state index is -0.969. The first-order valence-corrected chi connectivity index (χ1v) is 6.16. The van der Waals surface area contributed by atoms with Crippen LogP contribution >= 0.6 is 0 Å². The monoisotopic (exact) mass is 272 g/mol. The zero-order valence-electron chi connectivity index (χ0n) is 11.4. The third-order valence-corrected chi connectivity index (χ3v) is 2.83. The van der Waals surface area contributed by atoms with Crippen molar-refractivity contribution < 1.29 is 14.6 Å². The van der Waals surface area contributed by atoms with Gasteiger partial charge in [0.15, 0.2) is 0 Å². The number of aromatic nitrogens is 1. The summed E-state index contributed by atoms with van der Waals surface area (Å²) in [5, 5.41) is 12.1. The Morgan fingerprint density at radius 2 is 2.15 bits per heavy atom. The van der Waals surface area contributed by atoms with Crippen molar-refractivity contribution in [3.05, 3.63) is 53.2 Å². The van der Waals surface area contributed by atoms with Gasteiger partial charge in [-0.1, -0.05) is 12.1 Å². The third kappa shape index (κ3) is 3.33. The molecule has 0 bridgehead atoms. The topological polar surface area (TPSA) is 71.5 Å². The Kier molecular flexibility index (Phi) is 4.32. The SMILES string of the molecule is COCc1cccc(Nc2ccc(C(=O)O)c(C)n2)c1. The molecule has 0 spiro atoms. The molecule has 2 rings (SSSR count). The maximum atomic E-state index is 10.9. The summed E-state index contributed by atoms with van der Waals surface area (Å²) in [5.74, 6) is -0.356. The fourth-order valence-electron chi connectivity index (χ4n) is 1.91. The molecule has 2 aromatic rings. The highest BCUT2D eigenvalue weighted by Gasteiger charge is 2.08. The van der Waals surface area contributed by atoms with Gasteiger partial charge in [0, 0.05) is 12.8 Å². The van der Waals surface area contributed by atoms with Gasteiger partial charge in [-0.05, 0) is 36.8 Å². The van der Waals surface area contributed by atoms with Crippen LogP contribution in [0.25, 0.3) is 0 Å². The lowest BCUT2D eigenvalue weighted by Crippen LogP contribution is -2.03. The van der Waals surface area contributed by atoms with E-state index in [-0.39, 0.29) is 5.56 Å².